The smallest absolute Gasteiger partial charge is 0.0314 e. The van der Waals surface area contributed by atoms with Crippen LogP contribution in [-0.2, 0) is 6.42 Å². The van der Waals surface area contributed by atoms with E-state index in [0.29, 0.717) is 0 Å². The predicted octanol–water partition coefficient (Wildman–Crippen LogP) is 2.93. The summed E-state index contributed by atoms with van der Waals surface area (Å²) in [5, 5.41) is 0. The summed E-state index contributed by atoms with van der Waals surface area (Å²) in [4.78, 5) is 2.62. The summed E-state index contributed by atoms with van der Waals surface area (Å²) in [6, 6.07) is 8.30. The van der Waals surface area contributed by atoms with Gasteiger partial charge in [-0.3, -0.25) is 0 Å². The minimum absolute atomic E-state index is 0.859. The van der Waals surface area contributed by atoms with Gasteiger partial charge in [0.15, 0.2) is 0 Å². The largest absolute Gasteiger partial charge is 0.399 e. The number of anilines is 1. The van der Waals surface area contributed by atoms with E-state index in [1.54, 1.807) is 0 Å². The van der Waals surface area contributed by atoms with E-state index in [1.807, 2.05) is 12.1 Å². The minimum Gasteiger partial charge on any atom is -0.399 e. The van der Waals surface area contributed by atoms with Crippen LogP contribution in [0.4, 0.5) is 5.69 Å². The number of hydrogen-bond acceptors (Lipinski definition) is 2. The summed E-state index contributed by atoms with van der Waals surface area (Å²) in [6.07, 6.45) is 5.28. The van der Waals surface area contributed by atoms with Crippen LogP contribution in [0, 0.1) is 5.92 Å². The average molecular weight is 232 g/mol. The molecule has 1 aliphatic heterocycles. The average Bonchev–Trinajstić information content (AvgIpc) is 2.38. The lowest BCUT2D eigenvalue weighted by Gasteiger charge is -2.32. The zero-order chi connectivity index (χ0) is 12.1. The van der Waals surface area contributed by atoms with Gasteiger partial charge in [-0.05, 0) is 49.4 Å². The van der Waals surface area contributed by atoms with Crippen LogP contribution in [0.15, 0.2) is 24.3 Å². The molecule has 1 saturated heterocycles. The lowest BCUT2D eigenvalue weighted by atomic mass is 9.95. The Morgan fingerprint density at radius 2 is 2.06 bits per heavy atom. The second-order valence-corrected chi connectivity index (χ2v) is 5.21. The van der Waals surface area contributed by atoms with Gasteiger partial charge in [-0.2, -0.15) is 0 Å². The van der Waals surface area contributed by atoms with Crippen molar-refractivity contribution < 1.29 is 0 Å². The van der Waals surface area contributed by atoms with Crippen molar-refractivity contribution in [2.45, 2.75) is 32.6 Å². The third-order valence-electron chi connectivity index (χ3n) is 3.88. The Balaban J connectivity index is 1.79. The van der Waals surface area contributed by atoms with Crippen molar-refractivity contribution in [3.8, 4) is 0 Å². The molecule has 94 valence electrons. The third kappa shape index (κ3) is 3.74. The van der Waals surface area contributed by atoms with Gasteiger partial charge in [-0.15, -0.1) is 0 Å². The molecule has 2 nitrogen and oxygen atoms in total. The number of nitrogens with two attached hydrogens (primary N) is 1. The molecule has 0 aliphatic carbocycles. The Kier molecular flexibility index (Phi) is 4.43. The fourth-order valence-corrected chi connectivity index (χ4v) is 2.66. The van der Waals surface area contributed by atoms with Gasteiger partial charge in [-0.1, -0.05) is 25.5 Å². The molecule has 1 heterocycles. The van der Waals surface area contributed by atoms with Crippen LogP contribution in [0.5, 0.6) is 0 Å². The first-order valence-corrected chi connectivity index (χ1v) is 6.84. The minimum atomic E-state index is 0.859. The van der Waals surface area contributed by atoms with Crippen LogP contribution in [0.25, 0.3) is 0 Å². The zero-order valence-electron chi connectivity index (χ0n) is 10.9. The van der Waals surface area contributed by atoms with E-state index in [0.717, 1.165) is 18.0 Å². The van der Waals surface area contributed by atoms with Crippen molar-refractivity contribution >= 4 is 5.69 Å². The maximum atomic E-state index is 5.69. The molecule has 1 aliphatic rings. The molecule has 0 spiro atoms. The van der Waals surface area contributed by atoms with Crippen LogP contribution < -0.4 is 5.73 Å². The molecule has 2 rings (SSSR count). The highest BCUT2D eigenvalue weighted by Gasteiger charge is 2.17. The van der Waals surface area contributed by atoms with Gasteiger partial charge in [0.25, 0.3) is 0 Å². The van der Waals surface area contributed by atoms with E-state index in [-0.39, 0.29) is 0 Å². The summed E-state index contributed by atoms with van der Waals surface area (Å²) >= 11 is 0. The maximum Gasteiger partial charge on any atom is 0.0314 e. The normalized spacial score (nSPS) is 21.6. The van der Waals surface area contributed by atoms with E-state index < -0.39 is 0 Å². The predicted molar refractivity (Wildman–Crippen MR) is 74.0 cm³/mol. The number of likely N-dealkylation sites (tertiary alicyclic amines) is 1. The number of benzene rings is 1. The highest BCUT2D eigenvalue weighted by Crippen LogP contribution is 2.19. The molecule has 1 aromatic rings. The summed E-state index contributed by atoms with van der Waals surface area (Å²) in [5.74, 6) is 0.926. The summed E-state index contributed by atoms with van der Waals surface area (Å²) in [6.45, 7) is 6.09. The van der Waals surface area contributed by atoms with Crippen molar-refractivity contribution in [1.82, 2.24) is 4.90 Å². The Bertz CT molecular complexity index is 331. The first kappa shape index (κ1) is 12.4. The molecule has 0 aromatic heterocycles. The zero-order valence-corrected chi connectivity index (χ0v) is 10.9. The van der Waals surface area contributed by atoms with Crippen LogP contribution in [-0.4, -0.2) is 24.5 Å². The van der Waals surface area contributed by atoms with Gasteiger partial charge in [0, 0.05) is 18.8 Å². The van der Waals surface area contributed by atoms with E-state index in [4.69, 9.17) is 5.73 Å². The molecule has 17 heavy (non-hydrogen) atoms. The first-order valence-electron chi connectivity index (χ1n) is 6.84. The quantitative estimate of drug-likeness (QED) is 0.809. The first-order chi connectivity index (χ1) is 8.28. The standard InChI is InChI=1S/C15H24N2/c1-2-13-4-3-10-17(12-13)11-9-14-5-7-15(16)8-6-14/h5-8,13H,2-4,9-12,16H2,1H3. The highest BCUT2D eigenvalue weighted by atomic mass is 15.1. The molecule has 1 atom stereocenters. The Morgan fingerprint density at radius 1 is 1.29 bits per heavy atom. The number of piperidine rings is 1. The van der Waals surface area contributed by atoms with Crippen molar-refractivity contribution in [2.24, 2.45) is 5.92 Å². The van der Waals surface area contributed by atoms with Crippen LogP contribution in [0.2, 0.25) is 0 Å². The molecule has 1 fully saturated rings. The number of nitrogens with zero attached hydrogens (tertiary/aromatic N) is 1. The second-order valence-electron chi connectivity index (χ2n) is 5.21. The van der Waals surface area contributed by atoms with Crippen LogP contribution in [0.1, 0.15) is 31.7 Å². The third-order valence-corrected chi connectivity index (χ3v) is 3.88. The summed E-state index contributed by atoms with van der Waals surface area (Å²) in [7, 11) is 0. The number of rotatable bonds is 4. The molecule has 0 saturated carbocycles. The van der Waals surface area contributed by atoms with Gasteiger partial charge in [0.2, 0.25) is 0 Å². The lowest BCUT2D eigenvalue weighted by Crippen LogP contribution is -2.36. The Labute approximate surface area is 105 Å². The van der Waals surface area contributed by atoms with Crippen molar-refractivity contribution in [1.29, 1.82) is 0 Å². The van der Waals surface area contributed by atoms with E-state index >= 15 is 0 Å². The summed E-state index contributed by atoms with van der Waals surface area (Å²) < 4.78 is 0. The molecule has 0 bridgehead atoms. The SMILES string of the molecule is CCC1CCCN(CCc2ccc(N)cc2)C1. The molecule has 1 aromatic carbocycles. The molecular weight excluding hydrogens is 208 g/mol. The van der Waals surface area contributed by atoms with Gasteiger partial charge in [0.05, 0.1) is 0 Å². The van der Waals surface area contributed by atoms with E-state index in [2.05, 4.69) is 24.0 Å². The molecule has 0 amide bonds. The monoisotopic (exact) mass is 232 g/mol. The van der Waals surface area contributed by atoms with E-state index in [9.17, 15) is 0 Å². The van der Waals surface area contributed by atoms with Crippen molar-refractivity contribution in [2.75, 3.05) is 25.4 Å². The highest BCUT2D eigenvalue weighted by molar-refractivity contribution is 5.39. The summed E-state index contributed by atoms with van der Waals surface area (Å²) in [5.41, 5.74) is 7.95. The van der Waals surface area contributed by atoms with Crippen molar-refractivity contribution in [3.05, 3.63) is 29.8 Å². The fourth-order valence-electron chi connectivity index (χ4n) is 2.66. The fraction of sp³-hybridized carbons (Fsp3) is 0.600. The lowest BCUT2D eigenvalue weighted by molar-refractivity contribution is 0.173. The van der Waals surface area contributed by atoms with E-state index in [1.165, 1.54) is 44.5 Å². The Hall–Kier alpha value is -1.02. The van der Waals surface area contributed by atoms with Crippen LogP contribution in [0.3, 0.4) is 0 Å². The van der Waals surface area contributed by atoms with Gasteiger partial charge in [0.1, 0.15) is 0 Å². The second kappa shape index (κ2) is 6.06. The van der Waals surface area contributed by atoms with Crippen molar-refractivity contribution in [3.63, 3.8) is 0 Å². The Morgan fingerprint density at radius 3 is 2.76 bits per heavy atom. The maximum absolute atomic E-state index is 5.69. The molecule has 1 unspecified atom stereocenters. The molecular formula is C15H24N2. The molecule has 2 N–H and O–H groups in total. The molecule has 0 radical (unpaired) electrons. The van der Waals surface area contributed by atoms with Gasteiger partial charge < -0.3 is 10.6 Å². The van der Waals surface area contributed by atoms with Gasteiger partial charge >= 0.3 is 0 Å². The number of hydrogen-bond donors (Lipinski definition) is 1. The topological polar surface area (TPSA) is 29.3 Å². The number of nitrogen functional groups attached to an aromatic ring is 1. The molecule has 2 heteroatoms. The van der Waals surface area contributed by atoms with Crippen LogP contribution >= 0.6 is 0 Å². The van der Waals surface area contributed by atoms with Gasteiger partial charge in [-0.25, -0.2) is 0 Å².